The zero-order chi connectivity index (χ0) is 24.0. The predicted octanol–water partition coefficient (Wildman–Crippen LogP) is 2.36. The van der Waals surface area contributed by atoms with Gasteiger partial charge in [0.05, 0.1) is 24.3 Å². The van der Waals surface area contributed by atoms with Gasteiger partial charge in [-0.25, -0.2) is 4.39 Å². The van der Waals surface area contributed by atoms with Gasteiger partial charge in [0, 0.05) is 31.7 Å². The first kappa shape index (κ1) is 24.2. The minimum absolute atomic E-state index is 0.116. The minimum Gasteiger partial charge on any atom is -0.343 e. The van der Waals surface area contributed by atoms with E-state index in [4.69, 9.17) is 0 Å². The van der Waals surface area contributed by atoms with Crippen LogP contribution in [0.25, 0.3) is 0 Å². The van der Waals surface area contributed by atoms with Crippen LogP contribution in [0, 0.1) is 5.82 Å². The summed E-state index contributed by atoms with van der Waals surface area (Å²) in [6.45, 7) is 0.966. The van der Waals surface area contributed by atoms with Crippen molar-refractivity contribution in [2.75, 3.05) is 44.6 Å². The maximum atomic E-state index is 13.1. The fraction of sp³-hybridized carbons (Fsp3) is 0.318. The monoisotopic (exact) mass is 466 g/mol. The smallest absolute Gasteiger partial charge is 0.343 e. The highest BCUT2D eigenvalue weighted by Crippen LogP contribution is 2.34. The third-order valence-corrected chi connectivity index (χ3v) is 5.11. The van der Waals surface area contributed by atoms with Crippen LogP contribution in [0.2, 0.25) is 0 Å². The molecule has 2 N–H and O–H groups in total. The quantitative estimate of drug-likeness (QED) is 0.641. The van der Waals surface area contributed by atoms with E-state index in [2.05, 4.69) is 10.6 Å². The first-order valence-corrected chi connectivity index (χ1v) is 10.1. The number of hydrogen-bond acceptors (Lipinski definition) is 4. The van der Waals surface area contributed by atoms with Gasteiger partial charge in [-0.15, -0.1) is 0 Å². The fourth-order valence-corrected chi connectivity index (χ4v) is 3.36. The summed E-state index contributed by atoms with van der Waals surface area (Å²) < 4.78 is 52.1. The van der Waals surface area contributed by atoms with Crippen molar-refractivity contribution in [2.45, 2.75) is 6.18 Å². The lowest BCUT2D eigenvalue weighted by molar-refractivity contribution is -0.137. The van der Waals surface area contributed by atoms with Crippen molar-refractivity contribution >= 4 is 23.4 Å². The molecule has 0 unspecified atom stereocenters. The molecule has 1 saturated heterocycles. The Hall–Kier alpha value is -3.47. The minimum atomic E-state index is -4.58. The third kappa shape index (κ3) is 6.75. The lowest BCUT2D eigenvalue weighted by Crippen LogP contribution is -2.52. The number of rotatable bonds is 6. The highest BCUT2D eigenvalue weighted by molar-refractivity contribution is 5.96. The molecule has 3 rings (SSSR count). The molecule has 11 heteroatoms. The number of carbonyl (C=O) groups excluding carboxylic acids is 3. The Kier molecular flexibility index (Phi) is 7.64. The molecule has 1 heterocycles. The van der Waals surface area contributed by atoms with Crippen LogP contribution in [0.4, 0.5) is 23.2 Å². The number of nitrogens with one attached hydrogen (secondary N) is 2. The Morgan fingerprint density at radius 2 is 1.55 bits per heavy atom. The van der Waals surface area contributed by atoms with E-state index in [-0.39, 0.29) is 30.2 Å². The van der Waals surface area contributed by atoms with Crippen molar-refractivity contribution in [3.63, 3.8) is 0 Å². The van der Waals surface area contributed by atoms with Crippen LogP contribution >= 0.6 is 0 Å². The van der Waals surface area contributed by atoms with Crippen molar-refractivity contribution in [1.29, 1.82) is 0 Å². The number of para-hydroxylation sites is 1. The lowest BCUT2D eigenvalue weighted by atomic mass is 10.1. The number of benzene rings is 2. The average Bonchev–Trinajstić information content (AvgIpc) is 2.78. The zero-order valence-electron chi connectivity index (χ0n) is 17.5. The summed E-state index contributed by atoms with van der Waals surface area (Å²) in [5.41, 5.74) is -0.996. The molecule has 1 fully saturated rings. The fourth-order valence-electron chi connectivity index (χ4n) is 3.36. The summed E-state index contributed by atoms with van der Waals surface area (Å²) in [4.78, 5) is 39.9. The number of halogens is 4. The van der Waals surface area contributed by atoms with Gasteiger partial charge in [-0.3, -0.25) is 19.3 Å². The molecule has 0 aliphatic carbocycles. The van der Waals surface area contributed by atoms with Crippen LogP contribution in [0.5, 0.6) is 0 Å². The second-order valence-electron chi connectivity index (χ2n) is 7.44. The molecular formula is C22H22F4N4O3. The van der Waals surface area contributed by atoms with Gasteiger partial charge in [-0.2, -0.15) is 13.2 Å². The summed E-state index contributed by atoms with van der Waals surface area (Å²) in [6.07, 6.45) is -4.58. The second-order valence-corrected chi connectivity index (χ2v) is 7.44. The van der Waals surface area contributed by atoms with E-state index in [1.807, 2.05) is 0 Å². The van der Waals surface area contributed by atoms with Gasteiger partial charge in [-0.05, 0) is 36.4 Å². The van der Waals surface area contributed by atoms with Gasteiger partial charge in [-0.1, -0.05) is 12.1 Å². The van der Waals surface area contributed by atoms with Gasteiger partial charge < -0.3 is 15.5 Å². The second kappa shape index (κ2) is 10.4. The van der Waals surface area contributed by atoms with Gasteiger partial charge in [0.1, 0.15) is 5.82 Å². The Labute approximate surface area is 187 Å². The topological polar surface area (TPSA) is 81.8 Å². The van der Waals surface area contributed by atoms with Crippen LogP contribution < -0.4 is 10.6 Å². The molecule has 0 bridgehead atoms. The predicted molar refractivity (Wildman–Crippen MR) is 112 cm³/mol. The van der Waals surface area contributed by atoms with Crippen LogP contribution in [0.1, 0.15) is 15.9 Å². The number of anilines is 1. The molecule has 0 spiro atoms. The van der Waals surface area contributed by atoms with E-state index >= 15 is 0 Å². The van der Waals surface area contributed by atoms with Crippen LogP contribution in [-0.2, 0) is 15.8 Å². The molecule has 176 valence electrons. The van der Waals surface area contributed by atoms with Gasteiger partial charge >= 0.3 is 6.18 Å². The number of piperazine rings is 1. The summed E-state index contributed by atoms with van der Waals surface area (Å²) >= 11 is 0. The number of amides is 3. The Balaban J connectivity index is 1.43. The summed E-state index contributed by atoms with van der Waals surface area (Å²) in [5, 5.41) is 4.78. The molecule has 3 amide bonds. The molecule has 33 heavy (non-hydrogen) atoms. The average molecular weight is 466 g/mol. The number of nitrogens with zero attached hydrogens (tertiary/aromatic N) is 2. The molecule has 7 nitrogen and oxygen atoms in total. The first-order valence-electron chi connectivity index (χ1n) is 10.1. The number of carbonyl (C=O) groups is 3. The maximum absolute atomic E-state index is 13.1. The standard InChI is InChI=1S/C22H22F4N4O3/c23-16-7-5-15(6-8-16)21(33)27-13-20(32)30-11-9-29(10-12-30)14-19(31)28-18-4-2-1-3-17(18)22(24,25)26/h1-8H,9-14H2,(H,27,33)(H,28,31). The van der Waals surface area contributed by atoms with Gasteiger partial charge in [0.25, 0.3) is 5.91 Å². The highest BCUT2D eigenvalue weighted by atomic mass is 19.4. The molecule has 2 aromatic carbocycles. The largest absolute Gasteiger partial charge is 0.418 e. The third-order valence-electron chi connectivity index (χ3n) is 5.11. The van der Waals surface area contributed by atoms with E-state index in [1.165, 1.54) is 35.2 Å². The Bertz CT molecular complexity index is 1000. The van der Waals surface area contributed by atoms with E-state index in [0.717, 1.165) is 18.2 Å². The SMILES string of the molecule is O=C(CN1CCN(C(=O)CNC(=O)c2ccc(F)cc2)CC1)Nc1ccccc1C(F)(F)F. The van der Waals surface area contributed by atoms with Crippen molar-refractivity contribution in [2.24, 2.45) is 0 Å². The summed E-state index contributed by atoms with van der Waals surface area (Å²) in [5.74, 6) is -1.87. The van der Waals surface area contributed by atoms with E-state index in [1.54, 1.807) is 4.90 Å². The van der Waals surface area contributed by atoms with Crippen LogP contribution in [0.3, 0.4) is 0 Å². The number of hydrogen-bond donors (Lipinski definition) is 2. The first-order chi connectivity index (χ1) is 15.6. The van der Waals surface area contributed by atoms with Crippen LogP contribution in [-0.4, -0.2) is 66.8 Å². The van der Waals surface area contributed by atoms with Crippen LogP contribution in [0.15, 0.2) is 48.5 Å². The molecular weight excluding hydrogens is 444 g/mol. The summed E-state index contributed by atoms with van der Waals surface area (Å²) in [7, 11) is 0. The van der Waals surface area contributed by atoms with Gasteiger partial charge in [0.15, 0.2) is 0 Å². The van der Waals surface area contributed by atoms with Crippen molar-refractivity contribution < 1.29 is 31.9 Å². The molecule has 2 aromatic rings. The number of alkyl halides is 3. The molecule has 0 atom stereocenters. The Morgan fingerprint density at radius 3 is 2.18 bits per heavy atom. The Morgan fingerprint density at radius 1 is 0.909 bits per heavy atom. The zero-order valence-corrected chi connectivity index (χ0v) is 17.5. The van der Waals surface area contributed by atoms with Crippen molar-refractivity contribution in [3.8, 4) is 0 Å². The van der Waals surface area contributed by atoms with E-state index in [0.29, 0.717) is 26.2 Å². The van der Waals surface area contributed by atoms with Crippen molar-refractivity contribution in [3.05, 3.63) is 65.5 Å². The molecule has 1 aliphatic heterocycles. The molecule has 0 saturated carbocycles. The van der Waals surface area contributed by atoms with Gasteiger partial charge in [0.2, 0.25) is 11.8 Å². The molecule has 1 aliphatic rings. The lowest BCUT2D eigenvalue weighted by Gasteiger charge is -2.34. The van der Waals surface area contributed by atoms with E-state index in [9.17, 15) is 31.9 Å². The van der Waals surface area contributed by atoms with Crippen molar-refractivity contribution in [1.82, 2.24) is 15.1 Å². The normalized spacial score (nSPS) is 14.6. The maximum Gasteiger partial charge on any atom is 0.418 e. The molecule has 0 aromatic heterocycles. The molecule has 0 radical (unpaired) electrons. The highest BCUT2D eigenvalue weighted by Gasteiger charge is 2.33. The summed E-state index contributed by atoms with van der Waals surface area (Å²) in [6, 6.07) is 9.66. The van der Waals surface area contributed by atoms with E-state index < -0.39 is 29.4 Å².